The van der Waals surface area contributed by atoms with Crippen LogP contribution in [0.1, 0.15) is 23.2 Å². The first-order valence-corrected chi connectivity index (χ1v) is 7.97. The van der Waals surface area contributed by atoms with Crippen molar-refractivity contribution in [2.45, 2.75) is 12.8 Å². The van der Waals surface area contributed by atoms with Crippen LogP contribution in [0, 0.1) is 5.92 Å². The van der Waals surface area contributed by atoms with Crippen molar-refractivity contribution in [3.05, 3.63) is 30.1 Å². The summed E-state index contributed by atoms with van der Waals surface area (Å²) in [7, 11) is -3.68. The first-order valence-electron chi connectivity index (χ1n) is 6.42. The quantitative estimate of drug-likeness (QED) is 0.798. The van der Waals surface area contributed by atoms with Gasteiger partial charge in [0.05, 0.1) is 0 Å². The van der Waals surface area contributed by atoms with Crippen molar-refractivity contribution in [2.24, 2.45) is 11.1 Å². The summed E-state index contributed by atoms with van der Waals surface area (Å²) < 4.78 is 24.1. The number of aromatic nitrogens is 1. The van der Waals surface area contributed by atoms with Crippen LogP contribution in [0.3, 0.4) is 0 Å². The maximum absolute atomic E-state index is 12.3. The molecule has 2 heterocycles. The number of hydrogen-bond donors (Lipinski definition) is 2. The molecule has 0 aliphatic carbocycles. The Bertz CT molecular complexity index is 561. The van der Waals surface area contributed by atoms with Crippen LogP contribution in [0.4, 0.5) is 0 Å². The average Bonchev–Trinajstić information content (AvgIpc) is 2.45. The van der Waals surface area contributed by atoms with Gasteiger partial charge in [0.1, 0.15) is 0 Å². The summed E-state index contributed by atoms with van der Waals surface area (Å²) in [5.41, 5.74) is 0.597. The van der Waals surface area contributed by atoms with E-state index in [9.17, 15) is 13.2 Å². The van der Waals surface area contributed by atoms with Crippen LogP contribution in [-0.4, -0.2) is 43.8 Å². The molecule has 7 nitrogen and oxygen atoms in total. The number of pyridine rings is 1. The molecule has 110 valence electrons. The molecule has 1 unspecified atom stereocenters. The topological polar surface area (TPSA) is 105 Å². The molecule has 1 aliphatic heterocycles. The number of carbonyl (C=O) groups excluding carboxylic acids is 1. The Balaban J connectivity index is 1.95. The Morgan fingerprint density at radius 3 is 2.80 bits per heavy atom. The SMILES string of the molecule is NS(=O)(=O)NCC1CCCN(C(=O)c2ccncc2)C1. The van der Waals surface area contributed by atoms with E-state index >= 15 is 0 Å². The Kier molecular flexibility index (Phi) is 4.69. The number of nitrogens with one attached hydrogen (secondary N) is 1. The minimum absolute atomic E-state index is 0.0484. The Hall–Kier alpha value is -1.51. The molecule has 20 heavy (non-hydrogen) atoms. The van der Waals surface area contributed by atoms with Crippen molar-refractivity contribution in [1.82, 2.24) is 14.6 Å². The van der Waals surface area contributed by atoms with Crippen molar-refractivity contribution >= 4 is 16.1 Å². The van der Waals surface area contributed by atoms with Gasteiger partial charge < -0.3 is 4.90 Å². The minimum Gasteiger partial charge on any atom is -0.338 e. The van der Waals surface area contributed by atoms with E-state index in [4.69, 9.17) is 5.14 Å². The van der Waals surface area contributed by atoms with Crippen LogP contribution < -0.4 is 9.86 Å². The fourth-order valence-corrected chi connectivity index (χ4v) is 2.80. The molecule has 1 amide bonds. The predicted molar refractivity (Wildman–Crippen MR) is 74.0 cm³/mol. The third-order valence-corrected chi connectivity index (χ3v) is 3.88. The van der Waals surface area contributed by atoms with E-state index in [1.165, 1.54) is 0 Å². The van der Waals surface area contributed by atoms with Gasteiger partial charge in [-0.25, -0.2) is 9.86 Å². The highest BCUT2D eigenvalue weighted by Gasteiger charge is 2.24. The van der Waals surface area contributed by atoms with Gasteiger partial charge in [-0.05, 0) is 30.9 Å². The maximum Gasteiger partial charge on any atom is 0.274 e. The molecule has 1 aliphatic rings. The number of amides is 1. The van der Waals surface area contributed by atoms with E-state index in [-0.39, 0.29) is 18.4 Å². The predicted octanol–water partition coefficient (Wildman–Crippen LogP) is -0.273. The summed E-state index contributed by atoms with van der Waals surface area (Å²) in [5, 5.41) is 4.91. The average molecular weight is 298 g/mol. The van der Waals surface area contributed by atoms with Crippen LogP contribution >= 0.6 is 0 Å². The molecule has 1 aromatic rings. The summed E-state index contributed by atoms with van der Waals surface area (Å²) in [6.07, 6.45) is 4.89. The second-order valence-corrected chi connectivity index (χ2v) is 6.27. The van der Waals surface area contributed by atoms with Crippen LogP contribution in [0.25, 0.3) is 0 Å². The minimum atomic E-state index is -3.68. The molecule has 0 aromatic carbocycles. The monoisotopic (exact) mass is 298 g/mol. The van der Waals surface area contributed by atoms with Crippen molar-refractivity contribution in [3.8, 4) is 0 Å². The molecule has 8 heteroatoms. The summed E-state index contributed by atoms with van der Waals surface area (Å²) in [6, 6.07) is 3.35. The zero-order valence-corrected chi connectivity index (χ0v) is 11.8. The molecule has 2 rings (SSSR count). The van der Waals surface area contributed by atoms with Crippen LogP contribution in [0.15, 0.2) is 24.5 Å². The third-order valence-electron chi connectivity index (χ3n) is 3.31. The first kappa shape index (κ1) is 14.9. The number of hydrogen-bond acceptors (Lipinski definition) is 4. The highest BCUT2D eigenvalue weighted by molar-refractivity contribution is 7.87. The molecule has 0 radical (unpaired) electrons. The molecule has 3 N–H and O–H groups in total. The molecule has 1 saturated heterocycles. The lowest BCUT2D eigenvalue weighted by Crippen LogP contribution is -2.44. The Morgan fingerprint density at radius 2 is 2.15 bits per heavy atom. The van der Waals surface area contributed by atoms with Crippen molar-refractivity contribution in [1.29, 1.82) is 0 Å². The lowest BCUT2D eigenvalue weighted by atomic mass is 9.98. The highest BCUT2D eigenvalue weighted by atomic mass is 32.2. The third kappa shape index (κ3) is 4.26. The summed E-state index contributed by atoms with van der Waals surface area (Å²) in [6.45, 7) is 1.48. The van der Waals surface area contributed by atoms with Gasteiger partial charge in [-0.3, -0.25) is 9.78 Å². The fourth-order valence-electron chi connectivity index (χ4n) is 2.33. The molecule has 1 aromatic heterocycles. The van der Waals surface area contributed by atoms with Crippen molar-refractivity contribution < 1.29 is 13.2 Å². The molecular weight excluding hydrogens is 280 g/mol. The summed E-state index contributed by atoms with van der Waals surface area (Å²) in [4.78, 5) is 17.9. The number of piperidine rings is 1. The van der Waals surface area contributed by atoms with Gasteiger partial charge in [0.2, 0.25) is 0 Å². The van der Waals surface area contributed by atoms with Gasteiger partial charge in [0, 0.05) is 37.6 Å². The maximum atomic E-state index is 12.3. The van der Waals surface area contributed by atoms with Gasteiger partial charge in [0.15, 0.2) is 0 Å². The molecule has 1 atom stereocenters. The number of rotatable bonds is 4. The number of carbonyl (C=O) groups is 1. The van der Waals surface area contributed by atoms with E-state index in [0.29, 0.717) is 18.7 Å². The van der Waals surface area contributed by atoms with Crippen LogP contribution in [0.5, 0.6) is 0 Å². The van der Waals surface area contributed by atoms with Crippen LogP contribution in [0.2, 0.25) is 0 Å². The highest BCUT2D eigenvalue weighted by Crippen LogP contribution is 2.18. The van der Waals surface area contributed by atoms with E-state index in [0.717, 1.165) is 12.8 Å². The van der Waals surface area contributed by atoms with Gasteiger partial charge in [-0.2, -0.15) is 8.42 Å². The normalized spacial score (nSPS) is 19.9. The molecule has 1 fully saturated rings. The summed E-state index contributed by atoms with van der Waals surface area (Å²) in [5.74, 6) is 0.0422. The lowest BCUT2D eigenvalue weighted by molar-refractivity contribution is 0.0676. The molecule has 0 saturated carbocycles. The van der Waals surface area contributed by atoms with Gasteiger partial charge in [0.25, 0.3) is 16.1 Å². The second kappa shape index (κ2) is 6.29. The number of nitrogens with zero attached hydrogens (tertiary/aromatic N) is 2. The number of nitrogens with two attached hydrogens (primary N) is 1. The standard InChI is InChI=1S/C12H18N4O3S/c13-20(18,19)15-8-10-2-1-7-16(9-10)12(17)11-3-5-14-6-4-11/h3-6,10,15H,1-2,7-9H2,(H2,13,18,19). The zero-order chi connectivity index (χ0) is 14.6. The van der Waals surface area contributed by atoms with Crippen LogP contribution in [-0.2, 0) is 10.2 Å². The van der Waals surface area contributed by atoms with Gasteiger partial charge in [-0.15, -0.1) is 0 Å². The number of likely N-dealkylation sites (tertiary alicyclic amines) is 1. The fraction of sp³-hybridized carbons (Fsp3) is 0.500. The van der Waals surface area contributed by atoms with Crippen molar-refractivity contribution in [3.63, 3.8) is 0 Å². The molecule has 0 spiro atoms. The van der Waals surface area contributed by atoms with Crippen molar-refractivity contribution in [2.75, 3.05) is 19.6 Å². The molecule has 0 bridgehead atoms. The van der Waals surface area contributed by atoms with E-state index < -0.39 is 10.2 Å². The van der Waals surface area contributed by atoms with E-state index in [1.807, 2.05) is 0 Å². The van der Waals surface area contributed by atoms with E-state index in [2.05, 4.69) is 9.71 Å². The van der Waals surface area contributed by atoms with Gasteiger partial charge in [-0.1, -0.05) is 0 Å². The largest absolute Gasteiger partial charge is 0.338 e. The first-order chi connectivity index (χ1) is 9.46. The van der Waals surface area contributed by atoms with E-state index in [1.54, 1.807) is 29.4 Å². The second-order valence-electron chi connectivity index (χ2n) is 4.89. The Morgan fingerprint density at radius 1 is 1.45 bits per heavy atom. The summed E-state index contributed by atoms with van der Waals surface area (Å²) >= 11 is 0. The zero-order valence-electron chi connectivity index (χ0n) is 11.0. The van der Waals surface area contributed by atoms with Gasteiger partial charge >= 0.3 is 0 Å². The smallest absolute Gasteiger partial charge is 0.274 e. The lowest BCUT2D eigenvalue weighted by Gasteiger charge is -2.32. The molecular formula is C12H18N4O3S. The Labute approximate surface area is 118 Å².